The first-order valence-corrected chi connectivity index (χ1v) is 10.4. The summed E-state index contributed by atoms with van der Waals surface area (Å²) < 4.78 is 0. The molecule has 4 aromatic heterocycles. The van der Waals surface area contributed by atoms with Gasteiger partial charge in [-0.1, -0.05) is 0 Å². The number of nitrogens with one attached hydrogen (secondary N) is 4. The maximum atomic E-state index is 10.1. The molecule has 0 spiro atoms. The molecule has 0 aliphatic rings. The second-order valence-electron chi connectivity index (χ2n) is 7.59. The molecule has 20 heteroatoms. The minimum absolute atomic E-state index is 0.0552. The third-order valence-electron chi connectivity index (χ3n) is 5.11. The Bertz CT molecular complexity index is 981. The number of hydrogen-bond donors (Lipinski definition) is 5. The van der Waals surface area contributed by atoms with Crippen LogP contribution < -0.4 is 0 Å². The van der Waals surface area contributed by atoms with Crippen molar-refractivity contribution in [1.82, 2.24) is 97.2 Å². The van der Waals surface area contributed by atoms with Crippen molar-refractivity contribution in [3.05, 3.63) is 23.3 Å². The Morgan fingerprint density at radius 3 is 1.47 bits per heavy atom. The van der Waals surface area contributed by atoms with Crippen LogP contribution in [0.15, 0.2) is 0 Å². The van der Waals surface area contributed by atoms with Crippen LogP contribution in [0.25, 0.3) is 0 Å². The number of H-pyrrole nitrogens is 4. The molecule has 0 unspecified atom stereocenters. The Morgan fingerprint density at radius 2 is 1.06 bits per heavy atom. The fourth-order valence-corrected chi connectivity index (χ4v) is 3.35. The number of nitrogens with zero attached hydrogens (tertiary/aromatic N) is 15. The zero-order valence-electron chi connectivity index (χ0n) is 18.4. The number of aliphatic hydroxyl groups is 1. The fourth-order valence-electron chi connectivity index (χ4n) is 3.35. The number of aromatic nitrogens is 16. The molecule has 4 heterocycles. The van der Waals surface area contributed by atoms with Gasteiger partial charge in [-0.25, -0.2) is 20.4 Å². The highest BCUT2D eigenvalue weighted by molar-refractivity contribution is 4.85. The topological polar surface area (TPSA) is 248 Å². The van der Waals surface area contributed by atoms with Crippen molar-refractivity contribution in [1.29, 1.82) is 0 Å². The highest BCUT2D eigenvalue weighted by Crippen LogP contribution is 2.08. The van der Waals surface area contributed by atoms with Gasteiger partial charge in [-0.15, -0.1) is 20.4 Å². The Balaban J connectivity index is 1.41. The standard InChI is InChI=1S/C14H25N19O/c1-31(5-11-15-23-24-16-11)10(9-34)4-32(6-12-17-25-26-18-12)2-3-33(7-13-19-27-28-20-13)8-14-21-29-30-22-14/h10,34H,2-9H2,1H3,(H,15,16,23,24)(H,17,18,25,26)(H,19,20,27,28)(H,21,22,29,30)/t10-/m0/s1. The van der Waals surface area contributed by atoms with Gasteiger partial charge in [-0.3, -0.25) is 14.7 Å². The minimum atomic E-state index is -0.189. The van der Waals surface area contributed by atoms with Crippen molar-refractivity contribution in [2.45, 2.75) is 32.2 Å². The summed E-state index contributed by atoms with van der Waals surface area (Å²) in [4.78, 5) is 6.21. The average Bonchev–Trinajstić information content (AvgIpc) is 3.64. The van der Waals surface area contributed by atoms with E-state index < -0.39 is 0 Å². The van der Waals surface area contributed by atoms with Gasteiger partial charge in [-0.2, -0.15) is 0 Å². The van der Waals surface area contributed by atoms with Crippen molar-refractivity contribution in [3.63, 3.8) is 0 Å². The lowest BCUT2D eigenvalue weighted by Gasteiger charge is -2.32. The van der Waals surface area contributed by atoms with E-state index in [2.05, 4.69) is 92.3 Å². The molecule has 0 saturated heterocycles. The SMILES string of the molecule is CN(Cc1nnn[nH]1)[C@H](CO)CN(CCN(Cc1nnn[nH]1)Cc1nnn[nH]1)Cc1nnn[nH]1. The van der Waals surface area contributed by atoms with E-state index in [9.17, 15) is 5.11 Å². The van der Waals surface area contributed by atoms with Crippen molar-refractivity contribution in [2.75, 3.05) is 33.3 Å². The zero-order valence-corrected chi connectivity index (χ0v) is 18.4. The summed E-state index contributed by atoms with van der Waals surface area (Å²) in [5.74, 6) is 2.46. The van der Waals surface area contributed by atoms with Crippen LogP contribution >= 0.6 is 0 Å². The van der Waals surface area contributed by atoms with Gasteiger partial charge < -0.3 is 5.11 Å². The van der Waals surface area contributed by atoms with Crippen LogP contribution in [0.1, 0.15) is 23.3 Å². The second-order valence-corrected chi connectivity index (χ2v) is 7.59. The van der Waals surface area contributed by atoms with Crippen LogP contribution in [-0.4, -0.2) is 142 Å². The van der Waals surface area contributed by atoms with Gasteiger partial charge in [0.15, 0.2) is 23.3 Å². The Hall–Kier alpha value is -3.88. The Kier molecular flexibility index (Phi) is 8.10. The van der Waals surface area contributed by atoms with Crippen LogP contribution in [0.5, 0.6) is 0 Å². The minimum Gasteiger partial charge on any atom is -0.395 e. The van der Waals surface area contributed by atoms with E-state index in [0.29, 0.717) is 69.1 Å². The van der Waals surface area contributed by atoms with Crippen LogP contribution in [0.4, 0.5) is 0 Å². The lowest BCUT2D eigenvalue weighted by atomic mass is 10.2. The summed E-state index contributed by atoms with van der Waals surface area (Å²) in [6, 6.07) is -0.189. The first-order valence-electron chi connectivity index (χ1n) is 10.4. The molecule has 0 fully saturated rings. The number of likely N-dealkylation sites (N-methyl/N-ethyl adjacent to an activating group) is 1. The molecule has 4 aromatic rings. The smallest absolute Gasteiger partial charge is 0.162 e. The van der Waals surface area contributed by atoms with Crippen molar-refractivity contribution >= 4 is 0 Å². The van der Waals surface area contributed by atoms with Crippen molar-refractivity contribution < 1.29 is 5.11 Å². The number of aromatic amines is 4. The molecule has 1 atom stereocenters. The predicted molar refractivity (Wildman–Crippen MR) is 108 cm³/mol. The van der Waals surface area contributed by atoms with Gasteiger partial charge in [-0.05, 0) is 48.8 Å². The molecular weight excluding hydrogens is 450 g/mol. The molecule has 0 aliphatic carbocycles. The summed E-state index contributed by atoms with van der Waals surface area (Å²) in [5.41, 5.74) is 0. The largest absolute Gasteiger partial charge is 0.395 e. The summed E-state index contributed by atoms with van der Waals surface area (Å²) in [6.07, 6.45) is 0. The first-order chi connectivity index (χ1) is 16.7. The summed E-state index contributed by atoms with van der Waals surface area (Å²) in [7, 11) is 1.90. The summed E-state index contributed by atoms with van der Waals surface area (Å²) >= 11 is 0. The van der Waals surface area contributed by atoms with Gasteiger partial charge >= 0.3 is 0 Å². The van der Waals surface area contributed by atoms with Crippen LogP contribution in [0, 0.1) is 0 Å². The highest BCUT2D eigenvalue weighted by atomic mass is 16.3. The van der Waals surface area contributed by atoms with Gasteiger partial charge in [0, 0.05) is 25.7 Å². The van der Waals surface area contributed by atoms with Gasteiger partial charge in [0.1, 0.15) is 0 Å². The molecule has 20 nitrogen and oxygen atoms in total. The Morgan fingerprint density at radius 1 is 0.647 bits per heavy atom. The van der Waals surface area contributed by atoms with E-state index in [4.69, 9.17) is 0 Å². The fraction of sp³-hybridized carbons (Fsp3) is 0.714. The maximum Gasteiger partial charge on any atom is 0.162 e. The number of hydrogen-bond acceptors (Lipinski definition) is 16. The molecule has 0 aromatic carbocycles. The normalized spacial score (nSPS) is 12.9. The van der Waals surface area contributed by atoms with Crippen LogP contribution in [0.3, 0.4) is 0 Å². The maximum absolute atomic E-state index is 10.1. The van der Waals surface area contributed by atoms with Crippen molar-refractivity contribution in [3.8, 4) is 0 Å². The molecule has 0 aliphatic heterocycles. The molecule has 0 amide bonds. The Labute approximate surface area is 191 Å². The van der Waals surface area contributed by atoms with Crippen LogP contribution in [-0.2, 0) is 26.2 Å². The van der Waals surface area contributed by atoms with E-state index in [1.165, 1.54) is 0 Å². The number of tetrazole rings is 4. The molecule has 34 heavy (non-hydrogen) atoms. The number of rotatable bonds is 15. The quantitative estimate of drug-likeness (QED) is 0.109. The highest BCUT2D eigenvalue weighted by Gasteiger charge is 2.22. The van der Waals surface area contributed by atoms with Gasteiger partial charge in [0.25, 0.3) is 0 Å². The molecule has 0 saturated carbocycles. The predicted octanol–water partition coefficient (Wildman–Crippen LogP) is -4.26. The van der Waals surface area contributed by atoms with Gasteiger partial charge in [0.2, 0.25) is 0 Å². The third kappa shape index (κ3) is 6.81. The van der Waals surface area contributed by atoms with Gasteiger partial charge in [0.05, 0.1) is 32.8 Å². The molecule has 0 radical (unpaired) electrons. The lowest BCUT2D eigenvalue weighted by Crippen LogP contribution is -2.46. The summed E-state index contributed by atoms with van der Waals surface area (Å²) in [5, 5.41) is 66.0. The molecule has 182 valence electrons. The van der Waals surface area contributed by atoms with E-state index >= 15 is 0 Å². The van der Waals surface area contributed by atoms with Crippen LogP contribution in [0.2, 0.25) is 0 Å². The summed E-state index contributed by atoms with van der Waals surface area (Å²) in [6.45, 7) is 3.58. The first kappa shape index (κ1) is 23.3. The van der Waals surface area contributed by atoms with Crippen molar-refractivity contribution in [2.24, 2.45) is 0 Å². The zero-order chi connectivity index (χ0) is 23.6. The lowest BCUT2D eigenvalue weighted by molar-refractivity contribution is 0.0870. The number of aliphatic hydroxyl groups excluding tert-OH is 1. The molecule has 0 bridgehead atoms. The molecular formula is C14H25N19O. The average molecular weight is 475 g/mol. The molecule has 5 N–H and O–H groups in total. The second kappa shape index (κ2) is 11.8. The van der Waals surface area contributed by atoms with E-state index in [-0.39, 0.29) is 12.6 Å². The monoisotopic (exact) mass is 475 g/mol. The molecule has 4 rings (SSSR count). The van der Waals surface area contributed by atoms with E-state index in [1.54, 1.807) is 0 Å². The van der Waals surface area contributed by atoms with E-state index in [1.807, 2.05) is 11.9 Å². The van der Waals surface area contributed by atoms with E-state index in [0.717, 1.165) is 0 Å². The third-order valence-corrected chi connectivity index (χ3v) is 5.11.